The highest BCUT2D eigenvalue weighted by molar-refractivity contribution is 6.38. The van der Waals surface area contributed by atoms with E-state index in [0.29, 0.717) is 5.56 Å². The molecule has 0 aliphatic carbocycles. The van der Waals surface area contributed by atoms with Crippen molar-refractivity contribution < 1.29 is 14.8 Å². The third-order valence-electron chi connectivity index (χ3n) is 1.77. The minimum absolute atomic E-state index is 0.198. The number of aromatic carboxylic acids is 1. The summed E-state index contributed by atoms with van der Waals surface area (Å²) in [7, 11) is 0. The second-order valence-electron chi connectivity index (χ2n) is 2.78. The maximum absolute atomic E-state index is 10.8. The molecule has 1 aromatic carbocycles. The summed E-state index contributed by atoms with van der Waals surface area (Å²) in [5.74, 6) is -1.48. The molecule has 7 heteroatoms. The lowest BCUT2D eigenvalue weighted by Gasteiger charge is -2.05. The SMILES string of the molecule is Cc1cc(Cl)c(C(=O)O)c([N+](=O)[O-])c1Cl. The number of hydrogen-bond acceptors (Lipinski definition) is 3. The van der Waals surface area contributed by atoms with Gasteiger partial charge in [0.05, 0.1) is 9.95 Å². The molecule has 1 aromatic rings. The Morgan fingerprint density at radius 3 is 2.47 bits per heavy atom. The largest absolute Gasteiger partial charge is 0.477 e. The quantitative estimate of drug-likeness (QED) is 0.646. The Bertz CT molecular complexity index is 458. The van der Waals surface area contributed by atoms with E-state index in [4.69, 9.17) is 28.3 Å². The van der Waals surface area contributed by atoms with Crippen molar-refractivity contribution in [2.24, 2.45) is 0 Å². The predicted octanol–water partition coefficient (Wildman–Crippen LogP) is 2.91. The van der Waals surface area contributed by atoms with E-state index in [0.717, 1.165) is 0 Å². The van der Waals surface area contributed by atoms with Crippen LogP contribution in [0, 0.1) is 17.0 Å². The third kappa shape index (κ3) is 2.03. The molecule has 0 aliphatic heterocycles. The van der Waals surface area contributed by atoms with Gasteiger partial charge in [0.1, 0.15) is 5.02 Å². The van der Waals surface area contributed by atoms with E-state index in [2.05, 4.69) is 0 Å². The Morgan fingerprint density at radius 2 is 2.07 bits per heavy atom. The van der Waals surface area contributed by atoms with Crippen LogP contribution in [0.3, 0.4) is 0 Å². The molecule has 0 bridgehead atoms. The Balaban J connectivity index is 3.69. The van der Waals surface area contributed by atoms with E-state index in [9.17, 15) is 14.9 Å². The van der Waals surface area contributed by atoms with Crippen LogP contribution < -0.4 is 0 Å². The van der Waals surface area contributed by atoms with Crippen LogP contribution in [0.25, 0.3) is 0 Å². The van der Waals surface area contributed by atoms with Crippen LogP contribution in [0.5, 0.6) is 0 Å². The summed E-state index contributed by atoms with van der Waals surface area (Å²) >= 11 is 11.2. The molecule has 0 aromatic heterocycles. The number of benzene rings is 1. The van der Waals surface area contributed by atoms with Gasteiger partial charge in [-0.2, -0.15) is 0 Å². The molecule has 15 heavy (non-hydrogen) atoms. The number of rotatable bonds is 2. The van der Waals surface area contributed by atoms with Crippen LogP contribution in [0.15, 0.2) is 6.07 Å². The lowest BCUT2D eigenvalue weighted by molar-refractivity contribution is -0.385. The van der Waals surface area contributed by atoms with Crippen molar-refractivity contribution in [1.29, 1.82) is 0 Å². The van der Waals surface area contributed by atoms with Gasteiger partial charge in [-0.15, -0.1) is 0 Å². The van der Waals surface area contributed by atoms with Crippen LogP contribution in [0.4, 0.5) is 5.69 Å². The van der Waals surface area contributed by atoms with E-state index < -0.39 is 22.1 Å². The highest BCUT2D eigenvalue weighted by Gasteiger charge is 2.28. The van der Waals surface area contributed by atoms with Crippen LogP contribution in [0.2, 0.25) is 10.0 Å². The molecule has 0 saturated carbocycles. The zero-order valence-electron chi connectivity index (χ0n) is 7.45. The summed E-state index contributed by atoms with van der Waals surface area (Å²) in [5.41, 5.74) is -0.898. The standard InChI is InChI=1S/C8H5Cl2NO4/c1-3-2-4(9)5(8(12)13)7(6(3)10)11(14)15/h2H,1H3,(H,12,13). The van der Waals surface area contributed by atoms with Gasteiger partial charge in [-0.25, -0.2) is 4.79 Å². The molecule has 0 unspecified atom stereocenters. The van der Waals surface area contributed by atoms with Crippen molar-refractivity contribution in [3.63, 3.8) is 0 Å². The topological polar surface area (TPSA) is 80.4 Å². The van der Waals surface area contributed by atoms with Crippen molar-refractivity contribution in [2.75, 3.05) is 0 Å². The van der Waals surface area contributed by atoms with Crippen molar-refractivity contribution in [1.82, 2.24) is 0 Å². The summed E-state index contributed by atoms with van der Waals surface area (Å²) in [6, 6.07) is 1.28. The van der Waals surface area contributed by atoms with E-state index in [-0.39, 0.29) is 10.0 Å². The summed E-state index contributed by atoms with van der Waals surface area (Å²) < 4.78 is 0. The van der Waals surface area contributed by atoms with Gasteiger partial charge in [0.25, 0.3) is 0 Å². The highest BCUT2D eigenvalue weighted by atomic mass is 35.5. The number of aryl methyl sites for hydroxylation is 1. The maximum atomic E-state index is 10.8. The molecule has 0 saturated heterocycles. The monoisotopic (exact) mass is 249 g/mol. The average molecular weight is 250 g/mol. The number of hydrogen-bond donors (Lipinski definition) is 1. The number of carbonyl (C=O) groups is 1. The highest BCUT2D eigenvalue weighted by Crippen LogP contribution is 2.36. The first-order valence-electron chi connectivity index (χ1n) is 3.72. The first-order chi connectivity index (χ1) is 6.86. The fourth-order valence-electron chi connectivity index (χ4n) is 1.11. The summed E-state index contributed by atoms with van der Waals surface area (Å²) in [4.78, 5) is 20.6. The molecule has 0 heterocycles. The van der Waals surface area contributed by atoms with Gasteiger partial charge in [-0.3, -0.25) is 10.1 Å². The smallest absolute Gasteiger partial charge is 0.344 e. The summed E-state index contributed by atoms with van der Waals surface area (Å²) in [6.45, 7) is 1.51. The summed E-state index contributed by atoms with van der Waals surface area (Å²) in [6.07, 6.45) is 0. The maximum Gasteiger partial charge on any atom is 0.344 e. The van der Waals surface area contributed by atoms with Gasteiger partial charge in [0.2, 0.25) is 0 Å². The molecular weight excluding hydrogens is 245 g/mol. The van der Waals surface area contributed by atoms with Crippen LogP contribution in [0.1, 0.15) is 15.9 Å². The Labute approximate surface area is 94.4 Å². The van der Waals surface area contributed by atoms with Crippen molar-refractivity contribution >= 4 is 34.9 Å². The van der Waals surface area contributed by atoms with Crippen molar-refractivity contribution in [3.8, 4) is 0 Å². The van der Waals surface area contributed by atoms with Crippen molar-refractivity contribution in [3.05, 3.63) is 37.4 Å². The normalized spacial score (nSPS) is 10.1. The number of nitro benzene ring substituents is 1. The zero-order valence-corrected chi connectivity index (χ0v) is 8.96. The first-order valence-corrected chi connectivity index (χ1v) is 4.48. The Kier molecular flexibility index (Phi) is 3.16. The number of nitrogens with zero attached hydrogens (tertiary/aromatic N) is 1. The van der Waals surface area contributed by atoms with Gasteiger partial charge in [0.15, 0.2) is 5.56 Å². The average Bonchev–Trinajstić information content (AvgIpc) is 2.09. The van der Waals surface area contributed by atoms with Gasteiger partial charge < -0.3 is 5.11 Å². The molecule has 0 atom stereocenters. The summed E-state index contributed by atoms with van der Waals surface area (Å²) in [5, 5.41) is 19.0. The van der Waals surface area contributed by atoms with Gasteiger partial charge in [-0.05, 0) is 18.6 Å². The number of nitro groups is 1. The Hall–Kier alpha value is -1.33. The predicted molar refractivity (Wildman–Crippen MR) is 54.8 cm³/mol. The van der Waals surface area contributed by atoms with Gasteiger partial charge in [0, 0.05) is 0 Å². The van der Waals surface area contributed by atoms with Crippen LogP contribution in [-0.2, 0) is 0 Å². The van der Waals surface area contributed by atoms with E-state index >= 15 is 0 Å². The number of carboxylic acids is 1. The second kappa shape index (κ2) is 4.04. The molecule has 1 rings (SSSR count). The van der Waals surface area contributed by atoms with Gasteiger partial charge in [-0.1, -0.05) is 23.2 Å². The fourth-order valence-corrected chi connectivity index (χ4v) is 1.66. The van der Waals surface area contributed by atoms with Gasteiger partial charge >= 0.3 is 11.7 Å². The molecular formula is C8H5Cl2NO4. The van der Waals surface area contributed by atoms with Crippen LogP contribution >= 0.6 is 23.2 Å². The van der Waals surface area contributed by atoms with E-state index in [1.165, 1.54) is 13.0 Å². The first kappa shape index (κ1) is 11.7. The number of halogens is 2. The third-order valence-corrected chi connectivity index (χ3v) is 2.54. The Morgan fingerprint density at radius 1 is 1.53 bits per heavy atom. The van der Waals surface area contributed by atoms with Crippen LogP contribution in [-0.4, -0.2) is 16.0 Å². The molecule has 0 aliphatic rings. The lowest BCUT2D eigenvalue weighted by Crippen LogP contribution is -2.05. The minimum Gasteiger partial charge on any atom is -0.477 e. The molecule has 0 amide bonds. The molecule has 5 nitrogen and oxygen atoms in total. The molecule has 0 spiro atoms. The second-order valence-corrected chi connectivity index (χ2v) is 3.56. The fraction of sp³-hybridized carbons (Fsp3) is 0.125. The van der Waals surface area contributed by atoms with E-state index in [1.807, 2.05) is 0 Å². The lowest BCUT2D eigenvalue weighted by atomic mass is 10.1. The number of carboxylic acid groups (broad SMARTS) is 1. The molecule has 80 valence electrons. The molecule has 0 radical (unpaired) electrons. The van der Waals surface area contributed by atoms with E-state index in [1.54, 1.807) is 0 Å². The van der Waals surface area contributed by atoms with Crippen molar-refractivity contribution in [2.45, 2.75) is 6.92 Å². The zero-order chi connectivity index (χ0) is 11.7. The molecule has 0 fully saturated rings. The molecule has 1 N–H and O–H groups in total. The minimum atomic E-state index is -1.48.